The molecule has 0 unspecified atom stereocenters. The lowest BCUT2D eigenvalue weighted by molar-refractivity contribution is -0.389. The van der Waals surface area contributed by atoms with Gasteiger partial charge < -0.3 is 14.9 Å². The Kier molecular flexibility index (Phi) is 7.55. The Morgan fingerprint density at radius 2 is 1.96 bits per heavy atom. The lowest BCUT2D eigenvalue weighted by Crippen LogP contribution is -2.05. The van der Waals surface area contributed by atoms with E-state index in [1.54, 1.807) is 6.07 Å². The Hall–Kier alpha value is -2.43. The van der Waals surface area contributed by atoms with Gasteiger partial charge in [-0.1, -0.05) is 53.7 Å². The van der Waals surface area contributed by atoms with Crippen LogP contribution in [0.3, 0.4) is 0 Å². The van der Waals surface area contributed by atoms with Gasteiger partial charge in [-0.2, -0.15) is 0 Å². The van der Waals surface area contributed by atoms with Gasteiger partial charge >= 0.3 is 5.82 Å². The summed E-state index contributed by atoms with van der Waals surface area (Å²) in [4.78, 5) is 13.9. The third-order valence-corrected chi connectivity index (χ3v) is 3.36. The molecule has 0 saturated carbocycles. The fraction of sp³-hybridized carbons (Fsp3) is 0.450. The van der Waals surface area contributed by atoms with Gasteiger partial charge in [-0.05, 0) is 46.0 Å². The molecule has 1 aromatic rings. The number of pyridine rings is 1. The van der Waals surface area contributed by atoms with Crippen molar-refractivity contribution in [2.75, 3.05) is 0 Å². The Morgan fingerprint density at radius 3 is 2.48 bits per heavy atom. The van der Waals surface area contributed by atoms with Crippen LogP contribution >= 0.6 is 0 Å². The van der Waals surface area contributed by atoms with Crippen molar-refractivity contribution in [1.82, 2.24) is 4.98 Å². The smallest absolute Gasteiger partial charge is 0.363 e. The number of hydrogen-bond acceptors (Lipinski definition) is 4. The second-order valence-electron chi connectivity index (χ2n) is 6.73. The van der Waals surface area contributed by atoms with Crippen LogP contribution in [-0.4, -0.2) is 9.91 Å². The highest BCUT2D eigenvalue weighted by molar-refractivity contribution is 5.37. The molecule has 0 fully saturated rings. The molecule has 1 aliphatic rings. The Balaban J connectivity index is 0.00000151. The van der Waals surface area contributed by atoms with E-state index in [9.17, 15) is 10.1 Å². The fourth-order valence-corrected chi connectivity index (χ4v) is 2.34. The summed E-state index contributed by atoms with van der Waals surface area (Å²) < 4.78 is 5.88. The van der Waals surface area contributed by atoms with Gasteiger partial charge in [0.15, 0.2) is 11.9 Å². The van der Waals surface area contributed by atoms with Crippen LogP contribution in [0.15, 0.2) is 54.0 Å². The Morgan fingerprint density at radius 1 is 1.28 bits per heavy atom. The molecule has 1 heterocycles. The highest BCUT2D eigenvalue weighted by Gasteiger charge is 2.17. The molecular formula is C20H28N2O3. The van der Waals surface area contributed by atoms with E-state index in [1.807, 2.05) is 26.0 Å². The van der Waals surface area contributed by atoms with Crippen molar-refractivity contribution >= 4 is 5.82 Å². The molecule has 0 spiro atoms. The van der Waals surface area contributed by atoms with Crippen LogP contribution in [0.25, 0.3) is 0 Å². The van der Waals surface area contributed by atoms with Crippen LogP contribution in [0.1, 0.15) is 48.0 Å². The minimum absolute atomic E-state index is 0.126. The van der Waals surface area contributed by atoms with Crippen LogP contribution in [-0.2, 0) is 0 Å². The Bertz CT molecular complexity index is 669. The van der Waals surface area contributed by atoms with Crippen molar-refractivity contribution in [2.45, 2.75) is 48.0 Å². The quantitative estimate of drug-likeness (QED) is 0.496. The van der Waals surface area contributed by atoms with Gasteiger partial charge in [0.25, 0.3) is 0 Å². The summed E-state index contributed by atoms with van der Waals surface area (Å²) in [5.74, 6) is 1.57. The molecule has 0 aliphatic heterocycles. The molecule has 0 N–H and O–H groups in total. The Labute approximate surface area is 150 Å². The van der Waals surface area contributed by atoms with Gasteiger partial charge in [0.2, 0.25) is 0 Å². The molecule has 0 atom stereocenters. The predicted octanol–water partition coefficient (Wildman–Crippen LogP) is 5.85. The summed E-state index contributed by atoms with van der Waals surface area (Å²) >= 11 is 0. The van der Waals surface area contributed by atoms with Gasteiger partial charge in [0, 0.05) is 11.5 Å². The first-order chi connectivity index (χ1) is 11.7. The van der Waals surface area contributed by atoms with Crippen LogP contribution in [0.2, 0.25) is 0 Å². The topological polar surface area (TPSA) is 65.3 Å². The summed E-state index contributed by atoms with van der Waals surface area (Å²) in [6, 6.07) is 2.90. The van der Waals surface area contributed by atoms with Crippen LogP contribution in [0.4, 0.5) is 5.82 Å². The highest BCUT2D eigenvalue weighted by atomic mass is 16.6. The number of allylic oxidation sites excluding steroid dienone is 5. The van der Waals surface area contributed by atoms with Crippen molar-refractivity contribution in [3.05, 3.63) is 64.1 Å². The minimum Gasteiger partial charge on any atom is -0.454 e. The molecule has 5 nitrogen and oxygen atoms in total. The zero-order chi connectivity index (χ0) is 19.0. The lowest BCUT2D eigenvalue weighted by Gasteiger charge is -2.15. The average molecular weight is 344 g/mol. The molecule has 0 amide bonds. The van der Waals surface area contributed by atoms with E-state index in [-0.39, 0.29) is 11.2 Å². The molecule has 0 bridgehead atoms. The van der Waals surface area contributed by atoms with Crippen LogP contribution in [0, 0.1) is 21.4 Å². The standard InChI is InChI=1S/C18H22N2O3.C2H6/c1-13(2)9-14-7-8-18(3,4)11-16(10-14)23-15-5-6-17(19-12-15)20(21)22;1-2/h5-8,10-13H,9H2,1-4H3;1-2H3. The molecule has 25 heavy (non-hydrogen) atoms. The SMILES string of the molecule is CC.CC(C)CC1=CC(Oc2ccc([N+](=O)[O-])nc2)=CC(C)(C)C=C1. The maximum atomic E-state index is 10.7. The van der Waals surface area contributed by atoms with Gasteiger partial charge in [-0.25, -0.2) is 0 Å². The van der Waals surface area contributed by atoms with Crippen LogP contribution < -0.4 is 4.74 Å². The zero-order valence-electron chi connectivity index (χ0n) is 15.9. The largest absolute Gasteiger partial charge is 0.454 e. The molecule has 2 rings (SSSR count). The number of nitro groups is 1. The van der Waals surface area contributed by atoms with Crippen molar-refractivity contribution in [1.29, 1.82) is 0 Å². The minimum atomic E-state index is -0.525. The molecule has 1 aromatic heterocycles. The van der Waals surface area contributed by atoms with Crippen LogP contribution in [0.5, 0.6) is 5.75 Å². The predicted molar refractivity (Wildman–Crippen MR) is 101 cm³/mol. The van der Waals surface area contributed by atoms with E-state index in [1.165, 1.54) is 17.8 Å². The van der Waals surface area contributed by atoms with Crippen molar-refractivity contribution in [3.63, 3.8) is 0 Å². The van der Waals surface area contributed by atoms with Crippen molar-refractivity contribution in [2.24, 2.45) is 11.3 Å². The number of aromatic nitrogens is 1. The van der Waals surface area contributed by atoms with Crippen molar-refractivity contribution in [3.8, 4) is 5.75 Å². The van der Waals surface area contributed by atoms with E-state index in [0.29, 0.717) is 11.7 Å². The third kappa shape index (κ3) is 6.91. The first-order valence-electron chi connectivity index (χ1n) is 8.66. The van der Waals surface area contributed by atoms with E-state index >= 15 is 0 Å². The van der Waals surface area contributed by atoms with E-state index in [0.717, 1.165) is 12.2 Å². The molecular weight excluding hydrogens is 316 g/mol. The lowest BCUT2D eigenvalue weighted by atomic mass is 9.92. The molecule has 5 heteroatoms. The normalized spacial score (nSPS) is 15.5. The summed E-state index contributed by atoms with van der Waals surface area (Å²) in [6.07, 6.45) is 10.7. The molecule has 136 valence electrons. The maximum absolute atomic E-state index is 10.7. The number of hydrogen-bond donors (Lipinski definition) is 0. The zero-order valence-corrected chi connectivity index (χ0v) is 15.9. The second-order valence-corrected chi connectivity index (χ2v) is 6.73. The average Bonchev–Trinajstić information content (AvgIpc) is 2.67. The summed E-state index contributed by atoms with van der Waals surface area (Å²) in [7, 11) is 0. The maximum Gasteiger partial charge on any atom is 0.363 e. The van der Waals surface area contributed by atoms with Crippen molar-refractivity contribution < 1.29 is 9.66 Å². The molecule has 0 aromatic carbocycles. The summed E-state index contributed by atoms with van der Waals surface area (Å²) in [5, 5.41) is 10.7. The van der Waals surface area contributed by atoms with E-state index in [2.05, 4.69) is 44.8 Å². The van der Waals surface area contributed by atoms with E-state index < -0.39 is 4.92 Å². The highest BCUT2D eigenvalue weighted by Crippen LogP contribution is 2.29. The van der Waals surface area contributed by atoms with Gasteiger partial charge in [0.05, 0.1) is 0 Å². The first kappa shape index (κ1) is 20.6. The van der Waals surface area contributed by atoms with Gasteiger partial charge in [-0.15, -0.1) is 0 Å². The third-order valence-electron chi connectivity index (χ3n) is 3.36. The van der Waals surface area contributed by atoms with Gasteiger partial charge in [0.1, 0.15) is 5.76 Å². The second kappa shape index (κ2) is 9.16. The molecule has 1 aliphatic carbocycles. The summed E-state index contributed by atoms with van der Waals surface area (Å²) in [5.41, 5.74) is 1.07. The first-order valence-corrected chi connectivity index (χ1v) is 8.66. The summed E-state index contributed by atoms with van der Waals surface area (Å²) in [6.45, 7) is 12.6. The van der Waals surface area contributed by atoms with Gasteiger partial charge in [-0.3, -0.25) is 0 Å². The fourth-order valence-electron chi connectivity index (χ4n) is 2.34. The molecule has 0 radical (unpaired) electrons. The number of rotatable bonds is 5. The van der Waals surface area contributed by atoms with E-state index in [4.69, 9.17) is 4.74 Å². The number of nitrogens with zero attached hydrogens (tertiary/aromatic N) is 2. The molecule has 0 saturated heterocycles. The number of ether oxygens (including phenoxy) is 1. The monoisotopic (exact) mass is 344 g/mol.